The van der Waals surface area contributed by atoms with Gasteiger partial charge in [0.1, 0.15) is 5.76 Å². The number of halogens is 3. The second-order valence-electron chi connectivity index (χ2n) is 6.94. The standard InChI is InChI=1S/C16H24N2O3.C2HF3O2/c1-2-18-8-13-11-20-10-12(15(13)9-18)6-16(19)17-7-14-4-3-5-21-14;3-2(4,5)1(6)7/h3-5,12-13,15H,2,6-11H2,1H3,(H,17,19);(H,6,7)/t12-,13-,15+;/m1./s1. The van der Waals surface area contributed by atoms with Crippen molar-refractivity contribution in [3.63, 3.8) is 0 Å². The van der Waals surface area contributed by atoms with Crippen molar-refractivity contribution in [3.8, 4) is 0 Å². The van der Waals surface area contributed by atoms with Crippen LogP contribution >= 0.6 is 0 Å². The lowest BCUT2D eigenvalue weighted by molar-refractivity contribution is -0.192. The predicted molar refractivity (Wildman–Crippen MR) is 92.3 cm³/mol. The van der Waals surface area contributed by atoms with Crippen molar-refractivity contribution in [2.24, 2.45) is 17.8 Å². The number of amides is 1. The molecule has 28 heavy (non-hydrogen) atoms. The summed E-state index contributed by atoms with van der Waals surface area (Å²) in [5.41, 5.74) is 0. The van der Waals surface area contributed by atoms with Gasteiger partial charge >= 0.3 is 12.1 Å². The molecule has 0 unspecified atom stereocenters. The van der Waals surface area contributed by atoms with Gasteiger partial charge in [-0.05, 0) is 36.4 Å². The molecular weight excluding hydrogens is 381 g/mol. The molecule has 158 valence electrons. The zero-order chi connectivity index (χ0) is 20.7. The number of hydrogen-bond donors (Lipinski definition) is 2. The minimum atomic E-state index is -5.08. The number of carboxylic acid groups (broad SMARTS) is 1. The zero-order valence-electron chi connectivity index (χ0n) is 15.6. The second kappa shape index (κ2) is 9.92. The lowest BCUT2D eigenvalue weighted by Gasteiger charge is -2.32. The van der Waals surface area contributed by atoms with E-state index < -0.39 is 12.1 Å². The molecule has 3 atom stereocenters. The summed E-state index contributed by atoms with van der Waals surface area (Å²) in [6, 6.07) is 3.70. The van der Waals surface area contributed by atoms with Gasteiger partial charge in [-0.1, -0.05) is 6.92 Å². The molecule has 1 aromatic heterocycles. The minimum absolute atomic E-state index is 0.0931. The van der Waals surface area contributed by atoms with Crippen LogP contribution in [0.5, 0.6) is 0 Å². The predicted octanol–water partition coefficient (Wildman–Crippen LogP) is 2.13. The van der Waals surface area contributed by atoms with Crippen molar-refractivity contribution in [2.45, 2.75) is 26.1 Å². The van der Waals surface area contributed by atoms with Crippen LogP contribution < -0.4 is 5.32 Å². The Balaban J connectivity index is 0.000000345. The highest BCUT2D eigenvalue weighted by Crippen LogP contribution is 2.35. The van der Waals surface area contributed by atoms with Crippen LogP contribution in [0.1, 0.15) is 19.1 Å². The van der Waals surface area contributed by atoms with Crippen LogP contribution in [0.25, 0.3) is 0 Å². The lowest BCUT2D eigenvalue weighted by Crippen LogP contribution is -2.38. The SMILES string of the molecule is CCN1C[C@@H]2COC[C@@H](CC(=O)NCc3ccco3)[C@@H]2C1.O=C(O)C(F)(F)F. The summed E-state index contributed by atoms with van der Waals surface area (Å²) in [4.78, 5) is 23.5. The molecule has 0 spiro atoms. The van der Waals surface area contributed by atoms with Crippen molar-refractivity contribution in [1.82, 2.24) is 10.2 Å². The summed E-state index contributed by atoms with van der Waals surface area (Å²) in [7, 11) is 0. The summed E-state index contributed by atoms with van der Waals surface area (Å²) in [5, 5.41) is 10.1. The highest BCUT2D eigenvalue weighted by molar-refractivity contribution is 5.76. The molecule has 7 nitrogen and oxygen atoms in total. The van der Waals surface area contributed by atoms with Gasteiger partial charge in [0.05, 0.1) is 26.0 Å². The number of likely N-dealkylation sites (tertiary alicyclic amines) is 1. The van der Waals surface area contributed by atoms with E-state index in [4.69, 9.17) is 19.1 Å². The van der Waals surface area contributed by atoms with Gasteiger partial charge in [-0.3, -0.25) is 4.79 Å². The molecule has 3 rings (SSSR count). The van der Waals surface area contributed by atoms with Crippen LogP contribution in [0.2, 0.25) is 0 Å². The maximum Gasteiger partial charge on any atom is 0.490 e. The highest BCUT2D eigenvalue weighted by atomic mass is 19.4. The van der Waals surface area contributed by atoms with Crippen LogP contribution in [-0.2, 0) is 20.9 Å². The Kier molecular flexibility index (Phi) is 7.88. The Bertz CT molecular complexity index is 636. The molecule has 2 N–H and O–H groups in total. The third-order valence-corrected chi connectivity index (χ3v) is 5.01. The van der Waals surface area contributed by atoms with Crippen molar-refractivity contribution in [3.05, 3.63) is 24.2 Å². The molecular formula is C18H25F3N2O5. The average Bonchev–Trinajstić information content (AvgIpc) is 3.29. The largest absolute Gasteiger partial charge is 0.490 e. The number of nitrogens with one attached hydrogen (secondary N) is 1. The Labute approximate surface area is 160 Å². The average molecular weight is 406 g/mol. The van der Waals surface area contributed by atoms with Crippen LogP contribution in [-0.4, -0.2) is 60.9 Å². The molecule has 2 aliphatic heterocycles. The number of carbonyl (C=O) groups is 2. The Morgan fingerprint density at radius 1 is 1.32 bits per heavy atom. The zero-order valence-corrected chi connectivity index (χ0v) is 15.6. The molecule has 1 amide bonds. The Morgan fingerprint density at radius 3 is 2.61 bits per heavy atom. The van der Waals surface area contributed by atoms with E-state index in [-0.39, 0.29) is 5.91 Å². The fourth-order valence-electron chi connectivity index (χ4n) is 3.57. The summed E-state index contributed by atoms with van der Waals surface area (Å²) in [6.07, 6.45) is -2.90. The lowest BCUT2D eigenvalue weighted by atomic mass is 9.81. The van der Waals surface area contributed by atoms with Crippen molar-refractivity contribution in [1.29, 1.82) is 0 Å². The molecule has 0 aliphatic carbocycles. The number of fused-ring (bicyclic) bond motifs is 1. The minimum Gasteiger partial charge on any atom is -0.475 e. The van der Waals surface area contributed by atoms with E-state index in [1.165, 1.54) is 0 Å². The normalized spacial score (nSPS) is 24.8. The van der Waals surface area contributed by atoms with E-state index >= 15 is 0 Å². The first-order valence-electron chi connectivity index (χ1n) is 9.10. The number of carboxylic acids is 1. The first kappa shape index (κ1) is 22.2. The molecule has 3 heterocycles. The molecule has 2 saturated heterocycles. The molecule has 10 heteroatoms. The summed E-state index contributed by atoms with van der Waals surface area (Å²) < 4.78 is 42.7. The second-order valence-corrected chi connectivity index (χ2v) is 6.94. The fraction of sp³-hybridized carbons (Fsp3) is 0.667. The number of ether oxygens (including phenoxy) is 1. The third kappa shape index (κ3) is 6.52. The highest BCUT2D eigenvalue weighted by Gasteiger charge is 2.41. The number of hydrogen-bond acceptors (Lipinski definition) is 5. The van der Waals surface area contributed by atoms with Crippen LogP contribution in [0.4, 0.5) is 13.2 Å². The topological polar surface area (TPSA) is 92.0 Å². The number of carbonyl (C=O) groups excluding carboxylic acids is 1. The summed E-state index contributed by atoms with van der Waals surface area (Å²) in [6.45, 7) is 7.55. The molecule has 0 bridgehead atoms. The summed E-state index contributed by atoms with van der Waals surface area (Å²) in [5.74, 6) is -0.325. The number of nitrogens with zero attached hydrogens (tertiary/aromatic N) is 1. The Hall–Kier alpha value is -2.07. The van der Waals surface area contributed by atoms with E-state index in [0.717, 1.165) is 32.0 Å². The first-order chi connectivity index (χ1) is 13.2. The van der Waals surface area contributed by atoms with Gasteiger partial charge < -0.3 is 24.5 Å². The van der Waals surface area contributed by atoms with Crippen molar-refractivity contribution in [2.75, 3.05) is 32.8 Å². The first-order valence-corrected chi connectivity index (χ1v) is 9.10. The fourth-order valence-corrected chi connectivity index (χ4v) is 3.57. The van der Waals surface area contributed by atoms with Crippen LogP contribution in [0.3, 0.4) is 0 Å². The van der Waals surface area contributed by atoms with Gasteiger partial charge in [0.15, 0.2) is 0 Å². The smallest absolute Gasteiger partial charge is 0.475 e. The molecule has 2 aliphatic rings. The number of rotatable bonds is 5. The summed E-state index contributed by atoms with van der Waals surface area (Å²) >= 11 is 0. The monoisotopic (exact) mass is 406 g/mol. The van der Waals surface area contributed by atoms with Crippen molar-refractivity contribution >= 4 is 11.9 Å². The van der Waals surface area contributed by atoms with E-state index in [0.29, 0.717) is 37.3 Å². The van der Waals surface area contributed by atoms with E-state index in [2.05, 4.69) is 17.1 Å². The van der Waals surface area contributed by atoms with Crippen molar-refractivity contribution < 1.29 is 37.0 Å². The number of aliphatic carboxylic acids is 1. The van der Waals surface area contributed by atoms with E-state index in [9.17, 15) is 18.0 Å². The van der Waals surface area contributed by atoms with E-state index in [1.54, 1.807) is 6.26 Å². The number of furan rings is 1. The maximum absolute atomic E-state index is 12.1. The number of alkyl halides is 3. The van der Waals surface area contributed by atoms with Crippen LogP contribution in [0, 0.1) is 17.8 Å². The molecule has 0 saturated carbocycles. The third-order valence-electron chi connectivity index (χ3n) is 5.01. The quantitative estimate of drug-likeness (QED) is 0.779. The maximum atomic E-state index is 12.1. The van der Waals surface area contributed by atoms with Crippen LogP contribution in [0.15, 0.2) is 22.8 Å². The van der Waals surface area contributed by atoms with Gasteiger partial charge in [-0.25, -0.2) is 4.79 Å². The Morgan fingerprint density at radius 2 is 2.04 bits per heavy atom. The molecule has 0 radical (unpaired) electrons. The van der Waals surface area contributed by atoms with Gasteiger partial charge in [0.25, 0.3) is 0 Å². The van der Waals surface area contributed by atoms with Gasteiger partial charge in [0, 0.05) is 19.5 Å². The van der Waals surface area contributed by atoms with E-state index in [1.807, 2.05) is 12.1 Å². The molecule has 0 aromatic carbocycles. The van der Waals surface area contributed by atoms with Gasteiger partial charge in [-0.2, -0.15) is 13.2 Å². The van der Waals surface area contributed by atoms with Gasteiger partial charge in [-0.15, -0.1) is 0 Å². The molecule has 1 aromatic rings. The molecule has 2 fully saturated rings. The van der Waals surface area contributed by atoms with Gasteiger partial charge in [0.2, 0.25) is 5.91 Å².